The van der Waals surface area contributed by atoms with Crippen molar-refractivity contribution < 1.29 is 0 Å². The van der Waals surface area contributed by atoms with Crippen molar-refractivity contribution >= 4 is 0 Å². The summed E-state index contributed by atoms with van der Waals surface area (Å²) in [4.78, 5) is 4.18. The van der Waals surface area contributed by atoms with Crippen LogP contribution in [-0.4, -0.2) is 19.7 Å². The van der Waals surface area contributed by atoms with Crippen molar-refractivity contribution in [1.29, 1.82) is 0 Å². The van der Waals surface area contributed by atoms with Crippen LogP contribution >= 0.6 is 0 Å². The van der Waals surface area contributed by atoms with Crippen molar-refractivity contribution in [2.75, 3.05) is 0 Å². The van der Waals surface area contributed by atoms with Gasteiger partial charge in [-0.15, -0.1) is 0 Å². The molecule has 0 spiro atoms. The summed E-state index contributed by atoms with van der Waals surface area (Å²) in [5, 5.41) is 7.47. The Labute approximate surface area is 81.6 Å². The maximum absolute atomic E-state index is 5.99. The van der Waals surface area contributed by atoms with E-state index in [2.05, 4.69) is 15.2 Å². The highest BCUT2D eigenvalue weighted by Crippen LogP contribution is 2.15. The van der Waals surface area contributed by atoms with Gasteiger partial charge in [0.2, 0.25) is 0 Å². The fourth-order valence-corrected chi connectivity index (χ4v) is 1.25. The van der Waals surface area contributed by atoms with Gasteiger partial charge in [-0.3, -0.25) is 0 Å². The molecule has 0 amide bonds. The molecular weight excluding hydrogens is 178 g/mol. The summed E-state index contributed by atoms with van der Waals surface area (Å²) in [7, 11) is 1.91. The predicted octanol–water partition coefficient (Wildman–Crippen LogP) is 0.258. The molecule has 0 aliphatic carbocycles. The van der Waals surface area contributed by atoms with E-state index >= 15 is 0 Å². The Bertz CT molecular complexity index is 408. The fraction of sp³-hybridized carbons (Fsp3) is 0.222. The molecule has 5 nitrogen and oxygen atoms in total. The van der Waals surface area contributed by atoms with Crippen molar-refractivity contribution in [2.45, 2.75) is 6.04 Å². The van der Waals surface area contributed by atoms with Crippen molar-refractivity contribution in [3.05, 3.63) is 42.2 Å². The smallest absolute Gasteiger partial charge is 0.0947 e. The molecule has 0 aliphatic heterocycles. The van der Waals surface area contributed by atoms with Gasteiger partial charge >= 0.3 is 0 Å². The molecule has 5 heteroatoms. The SMILES string of the molecule is Cn1cnc(C(N)c2ccnnc2)c1. The molecule has 0 aliphatic rings. The van der Waals surface area contributed by atoms with Crippen molar-refractivity contribution in [3.63, 3.8) is 0 Å². The molecule has 0 saturated heterocycles. The first-order chi connectivity index (χ1) is 6.77. The molecule has 0 radical (unpaired) electrons. The molecule has 0 bridgehead atoms. The molecule has 2 aromatic rings. The van der Waals surface area contributed by atoms with Gasteiger partial charge in [-0.05, 0) is 11.6 Å². The number of hydrogen-bond acceptors (Lipinski definition) is 4. The Kier molecular flexibility index (Phi) is 2.24. The summed E-state index contributed by atoms with van der Waals surface area (Å²) in [6, 6.07) is 1.61. The van der Waals surface area contributed by atoms with E-state index in [1.54, 1.807) is 18.7 Å². The zero-order chi connectivity index (χ0) is 9.97. The first kappa shape index (κ1) is 8.83. The Morgan fingerprint density at radius 1 is 1.43 bits per heavy atom. The molecule has 2 heterocycles. The van der Waals surface area contributed by atoms with Gasteiger partial charge in [-0.2, -0.15) is 10.2 Å². The minimum Gasteiger partial charge on any atom is -0.340 e. The predicted molar refractivity (Wildman–Crippen MR) is 51.3 cm³/mol. The number of hydrogen-bond donors (Lipinski definition) is 1. The van der Waals surface area contributed by atoms with E-state index in [-0.39, 0.29) is 6.04 Å². The van der Waals surface area contributed by atoms with Gasteiger partial charge in [-0.1, -0.05) is 0 Å². The molecule has 14 heavy (non-hydrogen) atoms. The van der Waals surface area contributed by atoms with Gasteiger partial charge in [0, 0.05) is 19.4 Å². The van der Waals surface area contributed by atoms with Crippen LogP contribution in [0, 0.1) is 0 Å². The maximum atomic E-state index is 5.99. The van der Waals surface area contributed by atoms with Gasteiger partial charge in [-0.25, -0.2) is 4.98 Å². The molecule has 1 unspecified atom stereocenters. The summed E-state index contributed by atoms with van der Waals surface area (Å²) in [6.07, 6.45) is 6.90. The average Bonchev–Trinajstić information content (AvgIpc) is 2.65. The number of imidazole rings is 1. The molecule has 2 N–H and O–H groups in total. The Balaban J connectivity index is 2.29. The monoisotopic (exact) mass is 189 g/mol. The summed E-state index contributed by atoms with van der Waals surface area (Å²) in [6.45, 7) is 0. The molecular formula is C9H11N5. The third-order valence-corrected chi connectivity index (χ3v) is 2.01. The summed E-state index contributed by atoms with van der Waals surface area (Å²) in [5.74, 6) is 0. The number of rotatable bonds is 2. The highest BCUT2D eigenvalue weighted by Gasteiger charge is 2.10. The molecule has 0 fully saturated rings. The van der Waals surface area contributed by atoms with E-state index in [1.165, 1.54) is 0 Å². The third-order valence-electron chi connectivity index (χ3n) is 2.01. The number of nitrogens with two attached hydrogens (primary N) is 1. The highest BCUT2D eigenvalue weighted by molar-refractivity contribution is 5.21. The molecule has 2 rings (SSSR count). The molecule has 0 saturated carbocycles. The molecule has 72 valence electrons. The minimum atomic E-state index is -0.230. The summed E-state index contributed by atoms with van der Waals surface area (Å²) >= 11 is 0. The van der Waals surface area contributed by atoms with E-state index in [9.17, 15) is 0 Å². The van der Waals surface area contributed by atoms with Crippen LogP contribution in [0.3, 0.4) is 0 Å². The van der Waals surface area contributed by atoms with Crippen LogP contribution in [0.2, 0.25) is 0 Å². The highest BCUT2D eigenvalue weighted by atomic mass is 15.1. The van der Waals surface area contributed by atoms with Crippen molar-refractivity contribution in [1.82, 2.24) is 19.7 Å². The Morgan fingerprint density at radius 2 is 2.29 bits per heavy atom. The van der Waals surface area contributed by atoms with Gasteiger partial charge in [0.15, 0.2) is 0 Å². The lowest BCUT2D eigenvalue weighted by molar-refractivity contribution is 0.816. The van der Waals surface area contributed by atoms with Gasteiger partial charge < -0.3 is 10.3 Å². The number of nitrogens with zero attached hydrogens (tertiary/aromatic N) is 4. The normalized spacial score (nSPS) is 12.7. The van der Waals surface area contributed by atoms with Gasteiger partial charge in [0.25, 0.3) is 0 Å². The van der Waals surface area contributed by atoms with Gasteiger partial charge in [0.1, 0.15) is 0 Å². The van der Waals surface area contributed by atoms with Crippen molar-refractivity contribution in [2.24, 2.45) is 12.8 Å². The number of aromatic nitrogens is 4. The van der Waals surface area contributed by atoms with Gasteiger partial charge in [0.05, 0.1) is 24.3 Å². The first-order valence-electron chi connectivity index (χ1n) is 4.27. The van der Waals surface area contributed by atoms with Crippen LogP contribution < -0.4 is 5.73 Å². The first-order valence-corrected chi connectivity index (χ1v) is 4.27. The van der Waals surface area contributed by atoms with E-state index < -0.39 is 0 Å². The van der Waals surface area contributed by atoms with Crippen LogP contribution in [0.15, 0.2) is 31.0 Å². The molecule has 2 aromatic heterocycles. The minimum absolute atomic E-state index is 0.230. The topological polar surface area (TPSA) is 69.6 Å². The lowest BCUT2D eigenvalue weighted by Gasteiger charge is -2.06. The molecule has 0 aromatic carbocycles. The fourth-order valence-electron chi connectivity index (χ4n) is 1.25. The lowest BCUT2D eigenvalue weighted by Crippen LogP contribution is -2.12. The van der Waals surface area contributed by atoms with E-state index in [4.69, 9.17) is 5.73 Å². The standard InChI is InChI=1S/C9H11N5/c1-14-5-8(11-6-14)9(10)7-2-3-12-13-4-7/h2-6,9H,10H2,1H3. The summed E-state index contributed by atoms with van der Waals surface area (Å²) < 4.78 is 1.86. The molecule has 1 atom stereocenters. The average molecular weight is 189 g/mol. The Morgan fingerprint density at radius 3 is 2.86 bits per heavy atom. The maximum Gasteiger partial charge on any atom is 0.0947 e. The number of aryl methyl sites for hydroxylation is 1. The second kappa shape index (κ2) is 3.55. The largest absolute Gasteiger partial charge is 0.340 e. The van der Waals surface area contributed by atoms with Crippen LogP contribution in [0.1, 0.15) is 17.3 Å². The quantitative estimate of drug-likeness (QED) is 0.735. The Hall–Kier alpha value is -1.75. The van der Waals surface area contributed by atoms with E-state index in [0.29, 0.717) is 0 Å². The zero-order valence-electron chi connectivity index (χ0n) is 7.83. The zero-order valence-corrected chi connectivity index (χ0v) is 7.83. The van der Waals surface area contributed by atoms with E-state index in [0.717, 1.165) is 11.3 Å². The van der Waals surface area contributed by atoms with Crippen LogP contribution in [0.25, 0.3) is 0 Å². The van der Waals surface area contributed by atoms with E-state index in [1.807, 2.05) is 23.9 Å². The van der Waals surface area contributed by atoms with Crippen LogP contribution in [0.4, 0.5) is 0 Å². The van der Waals surface area contributed by atoms with Crippen LogP contribution in [0.5, 0.6) is 0 Å². The summed E-state index contributed by atoms with van der Waals surface area (Å²) in [5.41, 5.74) is 7.74. The second-order valence-corrected chi connectivity index (χ2v) is 3.12. The lowest BCUT2D eigenvalue weighted by atomic mass is 10.1. The second-order valence-electron chi connectivity index (χ2n) is 3.12. The third kappa shape index (κ3) is 1.62. The van der Waals surface area contributed by atoms with Crippen LogP contribution in [-0.2, 0) is 7.05 Å². The van der Waals surface area contributed by atoms with Crippen molar-refractivity contribution in [3.8, 4) is 0 Å².